The number of rotatable bonds is 1. The molecular weight excluding hydrogens is 218 g/mol. The number of carbonyl (C=O) groups excluding carboxylic acids is 1. The lowest BCUT2D eigenvalue weighted by molar-refractivity contribution is 0.254. The van der Waals surface area contributed by atoms with E-state index in [0.29, 0.717) is 6.54 Å². The molecule has 88 valence electrons. The number of methoxy groups -OCH3 is 1. The molecule has 0 aliphatic carbocycles. The normalized spacial score (nSPS) is 14.1. The highest BCUT2D eigenvalue weighted by molar-refractivity contribution is 6.01. The zero-order valence-electron chi connectivity index (χ0n) is 9.49. The van der Waals surface area contributed by atoms with Crippen molar-refractivity contribution < 1.29 is 9.53 Å². The number of benzene rings is 1. The summed E-state index contributed by atoms with van der Waals surface area (Å²) in [6.45, 7) is 0.637. The van der Waals surface area contributed by atoms with E-state index in [1.165, 1.54) is 0 Å². The van der Waals surface area contributed by atoms with Crippen LogP contribution in [0.2, 0.25) is 0 Å². The van der Waals surface area contributed by atoms with E-state index in [1.807, 2.05) is 18.3 Å². The van der Waals surface area contributed by atoms with E-state index in [2.05, 4.69) is 4.98 Å². The van der Waals surface area contributed by atoms with Crippen LogP contribution in [0.3, 0.4) is 0 Å². The maximum absolute atomic E-state index is 11.3. The molecule has 0 unspecified atom stereocenters. The molecule has 0 radical (unpaired) electrons. The lowest BCUT2D eigenvalue weighted by Crippen LogP contribution is -2.33. The molecule has 17 heavy (non-hydrogen) atoms. The summed E-state index contributed by atoms with van der Waals surface area (Å²) in [6.07, 6.45) is 2.71. The number of nitrogens with two attached hydrogens (primary N) is 1. The number of fused-ring (bicyclic) bond motifs is 3. The maximum Gasteiger partial charge on any atom is 0.319 e. The van der Waals surface area contributed by atoms with Crippen molar-refractivity contribution in [3.63, 3.8) is 0 Å². The number of H-pyrrole nitrogens is 1. The van der Waals surface area contributed by atoms with Crippen LogP contribution in [0.25, 0.3) is 10.9 Å². The van der Waals surface area contributed by atoms with Gasteiger partial charge in [0.2, 0.25) is 0 Å². The molecule has 0 bridgehead atoms. The van der Waals surface area contributed by atoms with Gasteiger partial charge >= 0.3 is 6.03 Å². The second-order valence-electron chi connectivity index (χ2n) is 4.08. The number of hydrogen-bond donors (Lipinski definition) is 2. The Morgan fingerprint density at radius 2 is 2.41 bits per heavy atom. The first-order valence-electron chi connectivity index (χ1n) is 5.46. The SMILES string of the molecule is COc1cc2c(c3cc[nH]c13)CCN2C(N)=O. The highest BCUT2D eigenvalue weighted by Gasteiger charge is 2.26. The summed E-state index contributed by atoms with van der Waals surface area (Å²) in [5.74, 6) is 0.733. The van der Waals surface area contributed by atoms with Gasteiger partial charge in [0.1, 0.15) is 5.75 Å². The maximum atomic E-state index is 11.3. The highest BCUT2D eigenvalue weighted by Crippen LogP contribution is 2.39. The quantitative estimate of drug-likeness (QED) is 0.782. The number of aromatic amines is 1. The van der Waals surface area contributed by atoms with Crippen LogP contribution in [-0.2, 0) is 6.42 Å². The number of ether oxygens (including phenoxy) is 1. The summed E-state index contributed by atoms with van der Waals surface area (Å²) < 4.78 is 5.33. The Hall–Kier alpha value is -2.17. The monoisotopic (exact) mass is 231 g/mol. The Balaban J connectivity index is 2.29. The first-order valence-corrected chi connectivity index (χ1v) is 5.46. The fraction of sp³-hybridized carbons (Fsp3) is 0.250. The second kappa shape index (κ2) is 3.41. The van der Waals surface area contributed by atoms with Gasteiger partial charge in [-0.3, -0.25) is 4.90 Å². The molecule has 5 nitrogen and oxygen atoms in total. The summed E-state index contributed by atoms with van der Waals surface area (Å²) in [7, 11) is 1.62. The molecule has 1 aromatic carbocycles. The van der Waals surface area contributed by atoms with Crippen molar-refractivity contribution in [3.8, 4) is 5.75 Å². The molecule has 3 rings (SSSR count). The van der Waals surface area contributed by atoms with Gasteiger partial charge in [-0.15, -0.1) is 0 Å². The molecule has 1 aromatic heterocycles. The number of nitrogens with zero attached hydrogens (tertiary/aromatic N) is 1. The molecular formula is C12H13N3O2. The van der Waals surface area contributed by atoms with Crippen LogP contribution in [0.15, 0.2) is 18.3 Å². The Labute approximate surface area is 98.2 Å². The molecule has 2 amide bonds. The van der Waals surface area contributed by atoms with Gasteiger partial charge in [-0.25, -0.2) is 4.79 Å². The van der Waals surface area contributed by atoms with Gasteiger partial charge in [-0.1, -0.05) is 0 Å². The number of carbonyl (C=O) groups is 1. The largest absolute Gasteiger partial charge is 0.494 e. The topological polar surface area (TPSA) is 71.3 Å². The minimum absolute atomic E-state index is 0.416. The van der Waals surface area contributed by atoms with E-state index >= 15 is 0 Å². The van der Waals surface area contributed by atoms with Gasteiger partial charge in [-0.2, -0.15) is 0 Å². The van der Waals surface area contributed by atoms with Crippen LogP contribution < -0.4 is 15.4 Å². The van der Waals surface area contributed by atoms with E-state index < -0.39 is 6.03 Å². The first-order chi connectivity index (χ1) is 8.22. The van der Waals surface area contributed by atoms with E-state index in [1.54, 1.807) is 12.0 Å². The number of urea groups is 1. The van der Waals surface area contributed by atoms with Crippen molar-refractivity contribution in [2.75, 3.05) is 18.6 Å². The fourth-order valence-corrected chi connectivity index (χ4v) is 2.48. The van der Waals surface area contributed by atoms with Gasteiger partial charge in [0.05, 0.1) is 18.3 Å². The first kappa shape index (κ1) is 10.0. The molecule has 0 spiro atoms. The standard InChI is InChI=1S/C12H13N3O2/c1-17-10-6-9-7(3-5-15(9)12(13)16)8-2-4-14-11(8)10/h2,4,6,14H,3,5H2,1H3,(H2,13,16). The van der Waals surface area contributed by atoms with Crippen molar-refractivity contribution in [2.45, 2.75) is 6.42 Å². The molecule has 1 aliphatic heterocycles. The van der Waals surface area contributed by atoms with Crippen molar-refractivity contribution in [1.82, 2.24) is 4.98 Å². The zero-order valence-corrected chi connectivity index (χ0v) is 9.49. The van der Waals surface area contributed by atoms with Crippen LogP contribution >= 0.6 is 0 Å². The summed E-state index contributed by atoms with van der Waals surface area (Å²) >= 11 is 0. The number of primary amides is 1. The lowest BCUT2D eigenvalue weighted by atomic mass is 10.1. The van der Waals surface area contributed by atoms with Crippen molar-refractivity contribution in [2.24, 2.45) is 5.73 Å². The second-order valence-corrected chi connectivity index (χ2v) is 4.08. The molecule has 0 atom stereocenters. The van der Waals surface area contributed by atoms with Crippen LogP contribution in [0.4, 0.5) is 10.5 Å². The number of anilines is 1. The third-order valence-corrected chi connectivity index (χ3v) is 3.26. The minimum atomic E-state index is -0.416. The molecule has 5 heteroatoms. The summed E-state index contributed by atoms with van der Waals surface area (Å²) in [4.78, 5) is 16.1. The van der Waals surface area contributed by atoms with E-state index in [0.717, 1.165) is 34.3 Å². The number of aromatic nitrogens is 1. The zero-order chi connectivity index (χ0) is 12.0. The third-order valence-electron chi connectivity index (χ3n) is 3.26. The number of nitrogens with one attached hydrogen (secondary N) is 1. The Morgan fingerprint density at radius 1 is 1.59 bits per heavy atom. The van der Waals surface area contributed by atoms with Gasteiger partial charge < -0.3 is 15.5 Å². The van der Waals surface area contributed by atoms with Gasteiger partial charge in [0, 0.05) is 24.2 Å². The molecule has 2 heterocycles. The van der Waals surface area contributed by atoms with E-state index in [-0.39, 0.29) is 0 Å². The van der Waals surface area contributed by atoms with Crippen molar-refractivity contribution >= 4 is 22.6 Å². The van der Waals surface area contributed by atoms with Crippen molar-refractivity contribution in [1.29, 1.82) is 0 Å². The van der Waals surface area contributed by atoms with Crippen LogP contribution in [0, 0.1) is 0 Å². The average Bonchev–Trinajstić information content (AvgIpc) is 2.93. The molecule has 0 saturated heterocycles. The van der Waals surface area contributed by atoms with Gasteiger partial charge in [0.15, 0.2) is 0 Å². The summed E-state index contributed by atoms with van der Waals surface area (Å²) in [5, 5.41) is 1.10. The highest BCUT2D eigenvalue weighted by atomic mass is 16.5. The summed E-state index contributed by atoms with van der Waals surface area (Å²) in [6, 6.07) is 3.45. The third kappa shape index (κ3) is 1.28. The van der Waals surface area contributed by atoms with Gasteiger partial charge in [0.25, 0.3) is 0 Å². The van der Waals surface area contributed by atoms with Gasteiger partial charge in [-0.05, 0) is 18.1 Å². The molecule has 0 saturated carbocycles. The Kier molecular flexibility index (Phi) is 2.01. The minimum Gasteiger partial charge on any atom is -0.494 e. The molecule has 0 fully saturated rings. The lowest BCUT2D eigenvalue weighted by Gasteiger charge is -2.15. The van der Waals surface area contributed by atoms with Crippen LogP contribution in [0.1, 0.15) is 5.56 Å². The molecule has 3 N–H and O–H groups in total. The predicted octanol–water partition coefficient (Wildman–Crippen LogP) is 1.62. The Bertz CT molecular complexity index is 603. The number of amides is 2. The van der Waals surface area contributed by atoms with Crippen LogP contribution in [-0.4, -0.2) is 24.7 Å². The number of hydrogen-bond acceptors (Lipinski definition) is 2. The van der Waals surface area contributed by atoms with E-state index in [9.17, 15) is 4.79 Å². The fourth-order valence-electron chi connectivity index (χ4n) is 2.48. The van der Waals surface area contributed by atoms with E-state index in [4.69, 9.17) is 10.5 Å². The Morgan fingerprint density at radius 3 is 3.12 bits per heavy atom. The average molecular weight is 231 g/mol. The predicted molar refractivity (Wildman–Crippen MR) is 65.5 cm³/mol. The van der Waals surface area contributed by atoms with Crippen LogP contribution in [0.5, 0.6) is 5.75 Å². The molecule has 2 aromatic rings. The molecule has 1 aliphatic rings. The smallest absolute Gasteiger partial charge is 0.319 e. The summed E-state index contributed by atoms with van der Waals surface area (Å²) in [5.41, 5.74) is 8.35. The van der Waals surface area contributed by atoms with Crippen molar-refractivity contribution in [3.05, 3.63) is 23.9 Å².